The molecule has 0 aliphatic carbocycles. The first-order valence-corrected chi connectivity index (χ1v) is 8.01. The van der Waals surface area contributed by atoms with E-state index in [1.54, 1.807) is 11.3 Å². The predicted octanol–water partition coefficient (Wildman–Crippen LogP) is 1.75. The van der Waals surface area contributed by atoms with Crippen molar-refractivity contribution in [1.29, 1.82) is 0 Å². The number of carbonyl (C=O) groups is 1. The van der Waals surface area contributed by atoms with Crippen LogP contribution in [0.25, 0.3) is 0 Å². The second-order valence-corrected chi connectivity index (χ2v) is 6.15. The lowest BCUT2D eigenvalue weighted by atomic mass is 9.92. The molecule has 0 radical (unpaired) electrons. The predicted molar refractivity (Wildman–Crippen MR) is 78.4 cm³/mol. The number of nitrogens with zero attached hydrogens (tertiary/aromatic N) is 1. The number of aryl methyl sites for hydroxylation is 1. The van der Waals surface area contributed by atoms with E-state index in [-0.39, 0.29) is 11.8 Å². The van der Waals surface area contributed by atoms with Crippen LogP contribution in [0, 0.1) is 5.92 Å². The standard InChI is InChI=1S/C14H23N3OS/c1-3-13-17-12(9-19-13)5-7-16-14(18)11-4-6-15-10(2)8-11/h9-11,15H,3-8H2,1-2H3,(H,16,18)/t10-,11-/m0/s1. The van der Waals surface area contributed by atoms with Gasteiger partial charge in [-0.25, -0.2) is 4.98 Å². The highest BCUT2D eigenvalue weighted by Crippen LogP contribution is 2.16. The van der Waals surface area contributed by atoms with Gasteiger partial charge in [-0.15, -0.1) is 11.3 Å². The van der Waals surface area contributed by atoms with Crippen LogP contribution >= 0.6 is 11.3 Å². The van der Waals surface area contributed by atoms with Crippen LogP contribution in [0.1, 0.15) is 37.4 Å². The molecule has 19 heavy (non-hydrogen) atoms. The zero-order valence-corrected chi connectivity index (χ0v) is 12.6. The third kappa shape index (κ3) is 4.28. The smallest absolute Gasteiger partial charge is 0.223 e. The molecule has 1 saturated heterocycles. The molecule has 0 saturated carbocycles. The van der Waals surface area contributed by atoms with E-state index >= 15 is 0 Å². The molecule has 0 bridgehead atoms. The van der Waals surface area contributed by atoms with Gasteiger partial charge in [-0.3, -0.25) is 4.79 Å². The summed E-state index contributed by atoms with van der Waals surface area (Å²) in [5.41, 5.74) is 1.10. The summed E-state index contributed by atoms with van der Waals surface area (Å²) < 4.78 is 0. The molecule has 0 spiro atoms. The van der Waals surface area contributed by atoms with Crippen molar-refractivity contribution in [3.05, 3.63) is 16.1 Å². The molecular formula is C14H23N3OS. The number of thiazole rings is 1. The molecule has 0 aromatic carbocycles. The van der Waals surface area contributed by atoms with Gasteiger partial charge < -0.3 is 10.6 Å². The monoisotopic (exact) mass is 281 g/mol. The van der Waals surface area contributed by atoms with Crippen LogP contribution in [0.5, 0.6) is 0 Å². The second kappa shape index (κ2) is 7.01. The van der Waals surface area contributed by atoms with Gasteiger partial charge in [0.2, 0.25) is 5.91 Å². The number of hydrogen-bond acceptors (Lipinski definition) is 4. The van der Waals surface area contributed by atoms with E-state index in [1.807, 2.05) is 0 Å². The number of amides is 1. The fraction of sp³-hybridized carbons (Fsp3) is 0.714. The van der Waals surface area contributed by atoms with Crippen molar-refractivity contribution in [3.8, 4) is 0 Å². The maximum Gasteiger partial charge on any atom is 0.223 e. The number of carbonyl (C=O) groups excluding carboxylic acids is 1. The SMILES string of the molecule is CCc1nc(CCNC(=O)[C@H]2CCN[C@@H](C)C2)cs1. The van der Waals surface area contributed by atoms with Crippen LogP contribution in [-0.2, 0) is 17.6 Å². The van der Waals surface area contributed by atoms with E-state index in [2.05, 4.69) is 34.8 Å². The summed E-state index contributed by atoms with van der Waals surface area (Å²) in [6.45, 7) is 5.90. The molecule has 1 amide bonds. The largest absolute Gasteiger partial charge is 0.355 e. The molecule has 4 nitrogen and oxygen atoms in total. The highest BCUT2D eigenvalue weighted by molar-refractivity contribution is 7.09. The van der Waals surface area contributed by atoms with Crippen molar-refractivity contribution in [3.63, 3.8) is 0 Å². The third-order valence-electron chi connectivity index (χ3n) is 3.58. The number of nitrogens with one attached hydrogen (secondary N) is 2. The van der Waals surface area contributed by atoms with E-state index in [0.29, 0.717) is 12.6 Å². The summed E-state index contributed by atoms with van der Waals surface area (Å²) in [7, 11) is 0. The molecule has 1 fully saturated rings. The van der Waals surface area contributed by atoms with Gasteiger partial charge in [-0.2, -0.15) is 0 Å². The van der Waals surface area contributed by atoms with Crippen molar-refractivity contribution in [1.82, 2.24) is 15.6 Å². The average molecular weight is 281 g/mol. The maximum atomic E-state index is 12.0. The molecule has 1 aliphatic heterocycles. The Morgan fingerprint density at radius 2 is 2.47 bits per heavy atom. The van der Waals surface area contributed by atoms with Gasteiger partial charge >= 0.3 is 0 Å². The van der Waals surface area contributed by atoms with Crippen LogP contribution in [-0.4, -0.2) is 30.0 Å². The zero-order valence-electron chi connectivity index (χ0n) is 11.7. The van der Waals surface area contributed by atoms with Crippen LogP contribution in [0.2, 0.25) is 0 Å². The Bertz CT molecular complexity index is 419. The molecule has 106 valence electrons. The van der Waals surface area contributed by atoms with Crippen molar-refractivity contribution in [2.24, 2.45) is 5.92 Å². The minimum absolute atomic E-state index is 0.179. The molecule has 1 aromatic heterocycles. The van der Waals surface area contributed by atoms with Gasteiger partial charge in [0.25, 0.3) is 0 Å². The van der Waals surface area contributed by atoms with Crippen molar-refractivity contribution >= 4 is 17.2 Å². The molecule has 2 N–H and O–H groups in total. The first-order valence-electron chi connectivity index (χ1n) is 7.13. The average Bonchev–Trinajstić information content (AvgIpc) is 2.86. The van der Waals surface area contributed by atoms with Crippen molar-refractivity contribution in [2.45, 2.75) is 45.6 Å². The lowest BCUT2D eigenvalue weighted by Gasteiger charge is -2.27. The van der Waals surface area contributed by atoms with E-state index in [4.69, 9.17) is 0 Å². The molecule has 5 heteroatoms. The molecule has 1 aliphatic rings. The van der Waals surface area contributed by atoms with Crippen molar-refractivity contribution in [2.75, 3.05) is 13.1 Å². The minimum Gasteiger partial charge on any atom is -0.355 e. The summed E-state index contributed by atoms with van der Waals surface area (Å²) >= 11 is 1.70. The first kappa shape index (κ1) is 14.5. The highest BCUT2D eigenvalue weighted by atomic mass is 32.1. The Kier molecular flexibility index (Phi) is 5.34. The molecule has 0 unspecified atom stereocenters. The van der Waals surface area contributed by atoms with Crippen LogP contribution in [0.15, 0.2) is 5.38 Å². The highest BCUT2D eigenvalue weighted by Gasteiger charge is 2.24. The van der Waals surface area contributed by atoms with Crippen LogP contribution in [0.3, 0.4) is 0 Å². The molecule has 2 heterocycles. The Hall–Kier alpha value is -0.940. The Balaban J connectivity index is 1.71. The summed E-state index contributed by atoms with van der Waals surface area (Å²) in [6.07, 6.45) is 3.72. The molecular weight excluding hydrogens is 258 g/mol. The number of hydrogen-bond donors (Lipinski definition) is 2. The van der Waals surface area contributed by atoms with Gasteiger partial charge in [0.15, 0.2) is 0 Å². The normalized spacial score (nSPS) is 23.3. The summed E-state index contributed by atoms with van der Waals surface area (Å²) in [5, 5.41) is 9.69. The third-order valence-corrected chi connectivity index (χ3v) is 4.62. The van der Waals surface area contributed by atoms with Crippen LogP contribution in [0.4, 0.5) is 0 Å². The molecule has 2 atom stereocenters. The van der Waals surface area contributed by atoms with Gasteiger partial charge in [-0.05, 0) is 32.7 Å². The van der Waals surface area contributed by atoms with Gasteiger partial charge in [0.1, 0.15) is 0 Å². The lowest BCUT2D eigenvalue weighted by Crippen LogP contribution is -2.42. The Labute approximate surface area is 119 Å². The Morgan fingerprint density at radius 3 is 3.16 bits per heavy atom. The molecule has 1 aromatic rings. The van der Waals surface area contributed by atoms with Gasteiger partial charge in [-0.1, -0.05) is 6.92 Å². The Morgan fingerprint density at radius 1 is 1.63 bits per heavy atom. The van der Waals surface area contributed by atoms with E-state index in [1.165, 1.54) is 5.01 Å². The van der Waals surface area contributed by atoms with E-state index in [0.717, 1.165) is 37.9 Å². The summed E-state index contributed by atoms with van der Waals surface area (Å²) in [4.78, 5) is 16.5. The van der Waals surface area contributed by atoms with Crippen molar-refractivity contribution < 1.29 is 4.79 Å². The van der Waals surface area contributed by atoms with E-state index < -0.39 is 0 Å². The topological polar surface area (TPSA) is 54.0 Å². The zero-order chi connectivity index (χ0) is 13.7. The fourth-order valence-corrected chi connectivity index (χ4v) is 3.23. The summed E-state index contributed by atoms with van der Waals surface area (Å²) in [6, 6.07) is 0.454. The van der Waals surface area contributed by atoms with Gasteiger partial charge in [0.05, 0.1) is 10.7 Å². The first-order chi connectivity index (χ1) is 9.19. The summed E-state index contributed by atoms with van der Waals surface area (Å²) in [5.74, 6) is 0.386. The van der Waals surface area contributed by atoms with E-state index in [9.17, 15) is 4.79 Å². The number of aromatic nitrogens is 1. The molecule has 2 rings (SSSR count). The second-order valence-electron chi connectivity index (χ2n) is 5.20. The lowest BCUT2D eigenvalue weighted by molar-refractivity contribution is -0.126. The number of piperidine rings is 1. The number of rotatable bonds is 5. The maximum absolute atomic E-state index is 12.0. The quantitative estimate of drug-likeness (QED) is 0.864. The van der Waals surface area contributed by atoms with Gasteiger partial charge in [0, 0.05) is 30.3 Å². The van der Waals surface area contributed by atoms with Crippen LogP contribution < -0.4 is 10.6 Å². The minimum atomic E-state index is 0.179. The fourth-order valence-electron chi connectivity index (χ4n) is 2.45.